The van der Waals surface area contributed by atoms with E-state index in [2.05, 4.69) is 16.0 Å². The fourth-order valence-electron chi connectivity index (χ4n) is 3.77. The Morgan fingerprint density at radius 2 is 1.68 bits per heavy atom. The molecule has 0 radical (unpaired) electrons. The smallest absolute Gasteiger partial charge is 0.250 e. The number of rotatable bonds is 7. The molecule has 1 aliphatic rings. The highest BCUT2D eigenvalue weighted by Gasteiger charge is 2.34. The van der Waals surface area contributed by atoms with Gasteiger partial charge < -0.3 is 16.0 Å². The lowest BCUT2D eigenvalue weighted by atomic mass is 10.1. The summed E-state index contributed by atoms with van der Waals surface area (Å²) in [7, 11) is 0. The van der Waals surface area contributed by atoms with Crippen LogP contribution in [0.2, 0.25) is 0 Å². The summed E-state index contributed by atoms with van der Waals surface area (Å²) in [6.07, 6.45) is 1.90. The summed E-state index contributed by atoms with van der Waals surface area (Å²) >= 11 is 1.58. The first kappa shape index (κ1) is 23.4. The van der Waals surface area contributed by atoms with Crippen molar-refractivity contribution in [3.63, 3.8) is 0 Å². The van der Waals surface area contributed by atoms with E-state index in [1.807, 2.05) is 79.9 Å². The van der Waals surface area contributed by atoms with Crippen LogP contribution >= 0.6 is 11.8 Å². The maximum Gasteiger partial charge on any atom is 0.250 e. The number of hydrogen-bond donors (Lipinski definition) is 3. The Morgan fingerprint density at radius 1 is 0.941 bits per heavy atom. The van der Waals surface area contributed by atoms with E-state index < -0.39 is 6.04 Å². The highest BCUT2D eigenvalue weighted by molar-refractivity contribution is 7.98. The lowest BCUT2D eigenvalue weighted by molar-refractivity contribution is -0.124. The van der Waals surface area contributed by atoms with Gasteiger partial charge in [0.2, 0.25) is 11.8 Å². The van der Waals surface area contributed by atoms with Crippen LogP contribution in [0.15, 0.2) is 77.7 Å². The Labute approximate surface area is 202 Å². The topological polar surface area (TPSA) is 90.5 Å². The van der Waals surface area contributed by atoms with E-state index in [-0.39, 0.29) is 30.7 Å². The molecule has 1 aliphatic heterocycles. The molecule has 3 aromatic rings. The fraction of sp³-hybridized carbons (Fsp3) is 0.192. The number of thioether (sulfide) groups is 1. The van der Waals surface area contributed by atoms with Crippen LogP contribution in [0, 0.1) is 6.92 Å². The van der Waals surface area contributed by atoms with Gasteiger partial charge in [-0.05, 0) is 55.6 Å². The number of amides is 3. The molecule has 34 heavy (non-hydrogen) atoms. The number of hydrogen-bond acceptors (Lipinski definition) is 5. The highest BCUT2D eigenvalue weighted by Crippen LogP contribution is 2.32. The number of carbonyl (C=O) groups excluding carboxylic acids is 3. The van der Waals surface area contributed by atoms with Crippen molar-refractivity contribution in [1.82, 2.24) is 0 Å². The lowest BCUT2D eigenvalue weighted by Gasteiger charge is -2.34. The third-order valence-corrected chi connectivity index (χ3v) is 6.19. The molecular weight excluding hydrogens is 448 g/mol. The van der Waals surface area contributed by atoms with Crippen LogP contribution in [0.5, 0.6) is 0 Å². The minimum Gasteiger partial charge on any atom is -0.372 e. The lowest BCUT2D eigenvalue weighted by Crippen LogP contribution is -2.50. The van der Waals surface area contributed by atoms with Crippen molar-refractivity contribution < 1.29 is 14.4 Å². The van der Waals surface area contributed by atoms with E-state index in [9.17, 15) is 14.4 Å². The number of para-hydroxylation sites is 2. The van der Waals surface area contributed by atoms with Gasteiger partial charge in [0.25, 0.3) is 5.91 Å². The van der Waals surface area contributed by atoms with Gasteiger partial charge in [-0.15, -0.1) is 11.8 Å². The van der Waals surface area contributed by atoms with Crippen molar-refractivity contribution in [2.75, 3.05) is 33.7 Å². The number of nitrogens with zero attached hydrogens (tertiary/aromatic N) is 1. The molecule has 174 valence electrons. The highest BCUT2D eigenvalue weighted by atomic mass is 32.2. The van der Waals surface area contributed by atoms with E-state index in [0.29, 0.717) is 22.7 Å². The predicted octanol–water partition coefficient (Wildman–Crippen LogP) is 4.51. The summed E-state index contributed by atoms with van der Waals surface area (Å²) in [6.45, 7) is 1.81. The van der Waals surface area contributed by atoms with Crippen LogP contribution in [0.4, 0.5) is 22.7 Å². The van der Waals surface area contributed by atoms with Crippen LogP contribution in [-0.2, 0) is 14.4 Å². The van der Waals surface area contributed by atoms with Crippen LogP contribution < -0.4 is 20.9 Å². The first-order valence-electron chi connectivity index (χ1n) is 10.9. The van der Waals surface area contributed by atoms with Crippen molar-refractivity contribution in [3.05, 3.63) is 78.4 Å². The molecule has 0 aliphatic carbocycles. The molecule has 1 atom stereocenters. The molecule has 0 unspecified atom stereocenters. The number of benzene rings is 3. The number of anilines is 4. The Morgan fingerprint density at radius 3 is 2.44 bits per heavy atom. The maximum absolute atomic E-state index is 13.3. The van der Waals surface area contributed by atoms with Gasteiger partial charge >= 0.3 is 0 Å². The molecule has 0 aromatic heterocycles. The van der Waals surface area contributed by atoms with Crippen LogP contribution in [-0.4, -0.2) is 36.6 Å². The first-order chi connectivity index (χ1) is 16.4. The predicted molar refractivity (Wildman–Crippen MR) is 137 cm³/mol. The van der Waals surface area contributed by atoms with Gasteiger partial charge in [0.1, 0.15) is 12.6 Å². The van der Waals surface area contributed by atoms with Gasteiger partial charge in [0, 0.05) is 16.3 Å². The van der Waals surface area contributed by atoms with Gasteiger partial charge in [-0.25, -0.2) is 0 Å². The standard InChI is InChI=1S/C26H26N4O3S/c1-17-10-12-18(13-11-17)27-24(31)15-22-26(33)30(23-9-4-3-8-21(23)29-22)16-25(32)28-19-6-5-7-20(14-19)34-2/h3-14,22,29H,15-16H2,1-2H3,(H,27,31)(H,28,32)/t22-/m1/s1. The molecule has 3 N–H and O–H groups in total. The molecule has 4 rings (SSSR count). The number of fused-ring (bicyclic) bond motifs is 1. The Kier molecular flexibility index (Phi) is 7.18. The summed E-state index contributed by atoms with van der Waals surface area (Å²) in [5, 5.41) is 8.85. The number of carbonyl (C=O) groups is 3. The van der Waals surface area contributed by atoms with E-state index in [1.54, 1.807) is 17.8 Å². The average molecular weight is 475 g/mol. The van der Waals surface area contributed by atoms with Crippen LogP contribution in [0.3, 0.4) is 0 Å². The third-order valence-electron chi connectivity index (χ3n) is 5.47. The summed E-state index contributed by atoms with van der Waals surface area (Å²) < 4.78 is 0. The zero-order chi connectivity index (χ0) is 24.1. The van der Waals surface area contributed by atoms with Crippen molar-refractivity contribution in [2.45, 2.75) is 24.3 Å². The van der Waals surface area contributed by atoms with E-state index in [1.165, 1.54) is 4.90 Å². The Balaban J connectivity index is 1.47. The third kappa shape index (κ3) is 5.58. The summed E-state index contributed by atoms with van der Waals surface area (Å²) in [6, 6.07) is 21.5. The molecule has 0 saturated heterocycles. The molecular formula is C26H26N4O3S. The second kappa shape index (κ2) is 10.4. The molecule has 0 saturated carbocycles. The number of nitrogens with one attached hydrogen (secondary N) is 3. The van der Waals surface area contributed by atoms with Gasteiger partial charge in [-0.2, -0.15) is 0 Å². The fourth-order valence-corrected chi connectivity index (χ4v) is 4.23. The van der Waals surface area contributed by atoms with E-state index >= 15 is 0 Å². The summed E-state index contributed by atoms with van der Waals surface area (Å²) in [5.41, 5.74) is 3.74. The van der Waals surface area contributed by atoms with Gasteiger partial charge in [-0.1, -0.05) is 35.9 Å². The molecule has 8 heteroatoms. The minimum atomic E-state index is -0.784. The molecule has 0 bridgehead atoms. The Hall–Kier alpha value is -3.78. The molecule has 7 nitrogen and oxygen atoms in total. The average Bonchev–Trinajstić information content (AvgIpc) is 2.83. The monoisotopic (exact) mass is 474 g/mol. The van der Waals surface area contributed by atoms with Crippen LogP contribution in [0.25, 0.3) is 0 Å². The van der Waals surface area contributed by atoms with Gasteiger partial charge in [0.15, 0.2) is 0 Å². The van der Waals surface area contributed by atoms with Gasteiger partial charge in [-0.3, -0.25) is 19.3 Å². The normalized spacial score (nSPS) is 14.7. The SMILES string of the molecule is CSc1cccc(NC(=O)CN2C(=O)[C@@H](CC(=O)Nc3ccc(C)cc3)Nc3ccccc32)c1. The van der Waals surface area contributed by atoms with Crippen LogP contribution in [0.1, 0.15) is 12.0 Å². The minimum absolute atomic E-state index is 0.0606. The summed E-state index contributed by atoms with van der Waals surface area (Å²) in [4.78, 5) is 41.2. The number of aryl methyl sites for hydroxylation is 1. The molecule has 3 aromatic carbocycles. The van der Waals surface area contributed by atoms with Crippen molar-refractivity contribution in [2.24, 2.45) is 0 Å². The zero-order valence-corrected chi connectivity index (χ0v) is 19.8. The molecule has 0 fully saturated rings. The molecule has 0 spiro atoms. The zero-order valence-electron chi connectivity index (χ0n) is 19.0. The van der Waals surface area contributed by atoms with Crippen molar-refractivity contribution >= 4 is 52.2 Å². The van der Waals surface area contributed by atoms with E-state index in [4.69, 9.17) is 0 Å². The van der Waals surface area contributed by atoms with Crippen molar-refractivity contribution in [3.8, 4) is 0 Å². The second-order valence-electron chi connectivity index (χ2n) is 8.04. The van der Waals surface area contributed by atoms with Gasteiger partial charge in [0.05, 0.1) is 17.8 Å². The quantitative estimate of drug-likeness (QED) is 0.438. The first-order valence-corrected chi connectivity index (χ1v) is 12.1. The Bertz CT molecular complexity index is 1210. The van der Waals surface area contributed by atoms with Crippen molar-refractivity contribution in [1.29, 1.82) is 0 Å². The molecule has 1 heterocycles. The maximum atomic E-state index is 13.3. The second-order valence-corrected chi connectivity index (χ2v) is 8.92. The van der Waals surface area contributed by atoms with E-state index in [0.717, 1.165) is 10.5 Å². The molecule has 3 amide bonds. The summed E-state index contributed by atoms with van der Waals surface area (Å²) in [5.74, 6) is -0.927. The largest absolute Gasteiger partial charge is 0.372 e.